The van der Waals surface area contributed by atoms with E-state index in [2.05, 4.69) is 4.99 Å². The third-order valence-corrected chi connectivity index (χ3v) is 5.03. The van der Waals surface area contributed by atoms with Gasteiger partial charge in [-0.3, -0.25) is 4.79 Å². The number of guanidine groups is 1. The van der Waals surface area contributed by atoms with Gasteiger partial charge in [0.15, 0.2) is 5.78 Å². The summed E-state index contributed by atoms with van der Waals surface area (Å²) in [5, 5.41) is 0. The molecule has 0 unspecified atom stereocenters. The second-order valence-electron chi connectivity index (χ2n) is 6.49. The Kier molecular flexibility index (Phi) is 4.55. The van der Waals surface area contributed by atoms with Crippen LogP contribution < -0.4 is 4.74 Å². The lowest BCUT2D eigenvalue weighted by atomic mass is 9.83. The van der Waals surface area contributed by atoms with Crippen molar-refractivity contribution in [3.05, 3.63) is 70.7 Å². The van der Waals surface area contributed by atoms with Crippen LogP contribution in [0.5, 0.6) is 5.75 Å². The Morgan fingerprint density at radius 2 is 1.71 bits per heavy atom. The number of aliphatic imine (C=N–C) groups is 2. The van der Waals surface area contributed by atoms with E-state index in [9.17, 15) is 9.18 Å². The molecule has 4 rings (SSSR count). The van der Waals surface area contributed by atoms with Crippen molar-refractivity contribution >= 4 is 23.0 Å². The van der Waals surface area contributed by atoms with E-state index in [1.165, 1.54) is 25.3 Å². The van der Waals surface area contributed by atoms with Gasteiger partial charge in [-0.1, -0.05) is 24.3 Å². The first-order valence-corrected chi connectivity index (χ1v) is 9.24. The Balaban J connectivity index is 2.00. The quantitative estimate of drug-likeness (QED) is 0.811. The first kappa shape index (κ1) is 18.1. The minimum absolute atomic E-state index is 0.172. The van der Waals surface area contributed by atoms with Gasteiger partial charge in [0.1, 0.15) is 23.0 Å². The van der Waals surface area contributed by atoms with Crippen LogP contribution in [0.15, 0.2) is 58.1 Å². The molecule has 2 aromatic rings. The van der Waals surface area contributed by atoms with Gasteiger partial charge < -0.3 is 9.64 Å². The van der Waals surface area contributed by atoms with Gasteiger partial charge in [-0.2, -0.15) is 0 Å². The van der Waals surface area contributed by atoms with Crippen LogP contribution in [0.3, 0.4) is 0 Å². The van der Waals surface area contributed by atoms with Crippen molar-refractivity contribution in [2.45, 2.75) is 13.8 Å². The van der Waals surface area contributed by atoms with E-state index in [4.69, 9.17) is 9.73 Å². The van der Waals surface area contributed by atoms with Crippen LogP contribution in [0.25, 0.3) is 5.57 Å². The van der Waals surface area contributed by atoms with Crippen LogP contribution >= 0.6 is 0 Å². The number of carbonyl (C=O) groups excluding carboxylic acids is 1. The summed E-state index contributed by atoms with van der Waals surface area (Å²) in [6.07, 6.45) is 0. The monoisotopic (exact) mass is 377 g/mol. The summed E-state index contributed by atoms with van der Waals surface area (Å²) >= 11 is 0. The van der Waals surface area contributed by atoms with Crippen molar-refractivity contribution in [1.29, 1.82) is 0 Å². The summed E-state index contributed by atoms with van der Waals surface area (Å²) < 4.78 is 20.0. The normalized spacial score (nSPS) is 15.1. The zero-order valence-corrected chi connectivity index (χ0v) is 16.0. The zero-order chi connectivity index (χ0) is 19.8. The molecule has 0 fully saturated rings. The SMILES string of the molecule is CCN(CC)C1=NC2=C(c3cc(OC)ccc3F)C(=O)c3ccccc3C2=N1. The van der Waals surface area contributed by atoms with Crippen LogP contribution in [-0.4, -0.2) is 42.6 Å². The lowest BCUT2D eigenvalue weighted by Crippen LogP contribution is -2.28. The number of nitrogens with zero attached hydrogens (tertiary/aromatic N) is 3. The first-order chi connectivity index (χ1) is 13.6. The molecule has 0 radical (unpaired) electrons. The smallest absolute Gasteiger partial charge is 0.226 e. The maximum Gasteiger partial charge on any atom is 0.226 e. The van der Waals surface area contributed by atoms with Gasteiger partial charge in [-0.25, -0.2) is 14.4 Å². The van der Waals surface area contributed by atoms with E-state index in [-0.39, 0.29) is 16.9 Å². The maximum atomic E-state index is 14.7. The highest BCUT2D eigenvalue weighted by atomic mass is 19.1. The molecule has 2 aromatic carbocycles. The molecule has 142 valence electrons. The molecule has 1 aliphatic carbocycles. The van der Waals surface area contributed by atoms with Crippen molar-refractivity contribution in [3.8, 4) is 5.75 Å². The van der Waals surface area contributed by atoms with Gasteiger partial charge in [0.2, 0.25) is 5.96 Å². The van der Waals surface area contributed by atoms with Crippen LogP contribution in [0.4, 0.5) is 4.39 Å². The molecule has 0 spiro atoms. The molecule has 2 aliphatic rings. The highest BCUT2D eigenvalue weighted by molar-refractivity contribution is 6.43. The van der Waals surface area contributed by atoms with Crippen molar-refractivity contribution in [3.63, 3.8) is 0 Å². The molecule has 0 saturated carbocycles. The molecule has 6 heteroatoms. The molecule has 0 aromatic heterocycles. The fourth-order valence-corrected chi connectivity index (χ4v) is 3.54. The minimum Gasteiger partial charge on any atom is -0.497 e. The van der Waals surface area contributed by atoms with Gasteiger partial charge in [0.25, 0.3) is 0 Å². The molecule has 0 atom stereocenters. The fourth-order valence-electron chi connectivity index (χ4n) is 3.54. The number of halogens is 1. The van der Waals surface area contributed by atoms with E-state index in [0.29, 0.717) is 28.7 Å². The number of hydrogen-bond donors (Lipinski definition) is 0. The average Bonchev–Trinajstić information content (AvgIpc) is 3.15. The van der Waals surface area contributed by atoms with Crippen LogP contribution in [0.2, 0.25) is 0 Å². The lowest BCUT2D eigenvalue weighted by molar-refractivity contribution is 0.105. The molecule has 0 bridgehead atoms. The number of methoxy groups -OCH3 is 1. The average molecular weight is 377 g/mol. The Morgan fingerprint density at radius 1 is 1.00 bits per heavy atom. The lowest BCUT2D eigenvalue weighted by Gasteiger charge is -2.19. The molecule has 0 saturated heterocycles. The summed E-state index contributed by atoms with van der Waals surface area (Å²) in [5.41, 5.74) is 2.63. The van der Waals surface area contributed by atoms with E-state index in [0.717, 1.165) is 18.7 Å². The summed E-state index contributed by atoms with van der Waals surface area (Å²) in [6, 6.07) is 11.6. The number of ketones is 1. The predicted octanol–water partition coefficient (Wildman–Crippen LogP) is 3.94. The van der Waals surface area contributed by atoms with E-state index < -0.39 is 5.82 Å². The predicted molar refractivity (Wildman–Crippen MR) is 108 cm³/mol. The Labute approximate surface area is 162 Å². The largest absolute Gasteiger partial charge is 0.497 e. The number of carbonyl (C=O) groups is 1. The summed E-state index contributed by atoms with van der Waals surface area (Å²) in [5.74, 6) is 0.254. The topological polar surface area (TPSA) is 54.3 Å². The fraction of sp³-hybridized carbons (Fsp3) is 0.227. The van der Waals surface area contributed by atoms with Crippen LogP contribution in [0, 0.1) is 5.82 Å². The van der Waals surface area contributed by atoms with Crippen molar-refractivity contribution in [2.75, 3.05) is 20.2 Å². The number of rotatable bonds is 4. The molecular formula is C22H20FN3O2. The first-order valence-electron chi connectivity index (χ1n) is 9.24. The summed E-state index contributed by atoms with van der Waals surface area (Å²) in [7, 11) is 1.51. The molecule has 1 aliphatic heterocycles. The standard InChI is InChI=1S/C22H20FN3O2/c1-4-26(5-2)22-24-19-14-8-6-7-9-15(14)21(27)18(20(19)25-22)16-12-13(28-3)10-11-17(16)23/h6-12H,4-5H2,1-3H3. The number of allylic oxidation sites excluding steroid dienone is 2. The second-order valence-corrected chi connectivity index (χ2v) is 6.49. The van der Waals surface area contributed by atoms with Crippen molar-refractivity contribution in [1.82, 2.24) is 4.90 Å². The molecule has 5 nitrogen and oxygen atoms in total. The van der Waals surface area contributed by atoms with E-state index in [1.807, 2.05) is 30.9 Å². The van der Waals surface area contributed by atoms with Gasteiger partial charge >= 0.3 is 0 Å². The molecule has 0 amide bonds. The second kappa shape index (κ2) is 7.03. The number of ether oxygens (including phenoxy) is 1. The number of benzene rings is 2. The van der Waals surface area contributed by atoms with Gasteiger partial charge in [0, 0.05) is 29.8 Å². The molecule has 28 heavy (non-hydrogen) atoms. The van der Waals surface area contributed by atoms with Gasteiger partial charge in [-0.05, 0) is 32.0 Å². The Bertz CT molecular complexity index is 1070. The Hall–Kier alpha value is -3.28. The summed E-state index contributed by atoms with van der Waals surface area (Å²) in [6.45, 7) is 5.50. The minimum atomic E-state index is -0.498. The molecule has 0 N–H and O–H groups in total. The zero-order valence-electron chi connectivity index (χ0n) is 16.0. The van der Waals surface area contributed by atoms with E-state index >= 15 is 0 Å². The maximum absolute atomic E-state index is 14.7. The van der Waals surface area contributed by atoms with Crippen LogP contribution in [-0.2, 0) is 0 Å². The highest BCUT2D eigenvalue weighted by Gasteiger charge is 2.36. The highest BCUT2D eigenvalue weighted by Crippen LogP contribution is 2.38. The van der Waals surface area contributed by atoms with E-state index in [1.54, 1.807) is 12.1 Å². The summed E-state index contributed by atoms with van der Waals surface area (Å²) in [4.78, 5) is 24.7. The number of Topliss-reactive ketones (excluding diaryl/α,β-unsaturated/α-hetero) is 1. The van der Waals surface area contributed by atoms with Gasteiger partial charge in [-0.15, -0.1) is 0 Å². The van der Waals surface area contributed by atoms with Crippen LogP contribution in [0.1, 0.15) is 35.3 Å². The third kappa shape index (κ3) is 2.72. The third-order valence-electron chi connectivity index (χ3n) is 5.03. The molecular weight excluding hydrogens is 357 g/mol. The van der Waals surface area contributed by atoms with Gasteiger partial charge in [0.05, 0.1) is 12.7 Å². The number of fused-ring (bicyclic) bond motifs is 3. The Morgan fingerprint density at radius 3 is 2.39 bits per heavy atom. The van der Waals surface area contributed by atoms with Crippen molar-refractivity contribution in [2.24, 2.45) is 9.98 Å². The molecule has 1 heterocycles. The number of hydrogen-bond acceptors (Lipinski definition) is 5. The van der Waals surface area contributed by atoms with Crippen molar-refractivity contribution < 1.29 is 13.9 Å².